The summed E-state index contributed by atoms with van der Waals surface area (Å²) in [7, 11) is 0. The average Bonchev–Trinajstić information content (AvgIpc) is 3.51. The second-order valence-corrected chi connectivity index (χ2v) is 8.62. The van der Waals surface area contributed by atoms with E-state index in [1.165, 1.54) is 0 Å². The monoisotopic (exact) mass is 472 g/mol. The summed E-state index contributed by atoms with van der Waals surface area (Å²) < 4.78 is 2.09. The van der Waals surface area contributed by atoms with Gasteiger partial charge in [-0.1, -0.05) is 29.8 Å². The van der Waals surface area contributed by atoms with Crippen LogP contribution in [0.4, 0.5) is 0 Å². The van der Waals surface area contributed by atoms with Gasteiger partial charge in [0.15, 0.2) is 6.17 Å². The van der Waals surface area contributed by atoms with Crippen molar-refractivity contribution in [2.45, 2.75) is 25.6 Å². The number of nitrogens with zero attached hydrogens (tertiary/aromatic N) is 5. The number of phenolic OH excluding ortho intramolecular Hbond substituents is 1. The van der Waals surface area contributed by atoms with E-state index in [-0.39, 0.29) is 11.9 Å². The third-order valence-electron chi connectivity index (χ3n) is 6.24. The fourth-order valence-electron chi connectivity index (χ4n) is 4.80. The highest BCUT2D eigenvalue weighted by atomic mass is 35.5. The Hall–Kier alpha value is -4.11. The zero-order valence-electron chi connectivity index (χ0n) is 17.7. The Morgan fingerprint density at radius 2 is 1.71 bits per heavy atom. The van der Waals surface area contributed by atoms with E-state index in [0.29, 0.717) is 51.0 Å². The summed E-state index contributed by atoms with van der Waals surface area (Å²) >= 11 is 6.50. The SMILES string of the molecule is O=C1NC(=O)c2c1c(-c1ccccc1Cl)cc1c2c2cc(O)ccc2n1CCCC1N=NN=N1. The number of fused-ring (bicyclic) bond motifs is 5. The molecule has 0 radical (unpaired) electrons. The van der Waals surface area contributed by atoms with Gasteiger partial charge in [-0.25, -0.2) is 0 Å². The minimum atomic E-state index is -0.465. The number of nitrogens with one attached hydrogen (secondary N) is 1. The molecule has 3 aromatic carbocycles. The minimum absolute atomic E-state index is 0.0759. The lowest BCUT2D eigenvalue weighted by molar-refractivity contribution is 0.0880. The van der Waals surface area contributed by atoms with Crippen molar-refractivity contribution in [3.63, 3.8) is 0 Å². The number of rotatable bonds is 5. The zero-order chi connectivity index (χ0) is 23.4. The van der Waals surface area contributed by atoms with E-state index in [0.717, 1.165) is 17.5 Å². The topological polar surface area (TPSA) is 121 Å². The smallest absolute Gasteiger partial charge is 0.259 e. The van der Waals surface area contributed by atoms with Crippen LogP contribution in [0.1, 0.15) is 33.6 Å². The van der Waals surface area contributed by atoms with Crippen LogP contribution < -0.4 is 5.32 Å². The van der Waals surface area contributed by atoms with Crippen LogP contribution in [0.2, 0.25) is 5.02 Å². The largest absolute Gasteiger partial charge is 0.508 e. The van der Waals surface area contributed by atoms with E-state index in [2.05, 4.69) is 30.6 Å². The van der Waals surface area contributed by atoms with Gasteiger partial charge in [-0.2, -0.15) is 0 Å². The highest BCUT2D eigenvalue weighted by molar-refractivity contribution is 6.36. The van der Waals surface area contributed by atoms with Crippen molar-refractivity contribution in [2.24, 2.45) is 20.7 Å². The molecule has 1 aromatic heterocycles. The van der Waals surface area contributed by atoms with Gasteiger partial charge in [-0.3, -0.25) is 14.9 Å². The molecule has 2 N–H and O–H groups in total. The maximum atomic E-state index is 13.0. The number of hydrogen-bond acceptors (Lipinski definition) is 7. The Balaban J connectivity index is 1.63. The van der Waals surface area contributed by atoms with Gasteiger partial charge in [0.2, 0.25) is 0 Å². The molecule has 4 aromatic rings. The molecule has 9 nitrogen and oxygen atoms in total. The van der Waals surface area contributed by atoms with Gasteiger partial charge < -0.3 is 9.67 Å². The van der Waals surface area contributed by atoms with Gasteiger partial charge in [0.05, 0.1) is 16.6 Å². The van der Waals surface area contributed by atoms with Crippen LogP contribution in [0.5, 0.6) is 5.75 Å². The molecule has 0 unspecified atom stereocenters. The Bertz CT molecular complexity index is 1580. The number of imide groups is 1. The van der Waals surface area contributed by atoms with Crippen LogP contribution in [0.15, 0.2) is 69.2 Å². The molecular formula is C24H17ClN6O3. The molecule has 6 rings (SSSR count). The van der Waals surface area contributed by atoms with E-state index in [9.17, 15) is 14.7 Å². The number of carbonyl (C=O) groups is 2. The number of phenols is 1. The first-order valence-electron chi connectivity index (χ1n) is 10.8. The summed E-state index contributed by atoms with van der Waals surface area (Å²) in [6.07, 6.45) is 1.10. The number of hydrogen-bond donors (Lipinski definition) is 2. The van der Waals surface area contributed by atoms with Crippen LogP contribution in [0, 0.1) is 0 Å². The molecule has 0 atom stereocenters. The van der Waals surface area contributed by atoms with Gasteiger partial charge in [0, 0.05) is 33.4 Å². The van der Waals surface area contributed by atoms with Crippen molar-refractivity contribution in [1.82, 2.24) is 9.88 Å². The van der Waals surface area contributed by atoms with Gasteiger partial charge in [0.1, 0.15) is 5.75 Å². The van der Waals surface area contributed by atoms with Crippen LogP contribution in [-0.2, 0) is 6.54 Å². The maximum Gasteiger partial charge on any atom is 0.259 e. The predicted molar refractivity (Wildman–Crippen MR) is 126 cm³/mol. The molecular weight excluding hydrogens is 456 g/mol. The number of benzene rings is 3. The summed E-state index contributed by atoms with van der Waals surface area (Å²) in [6.45, 7) is 0.600. The fraction of sp³-hybridized carbons (Fsp3) is 0.167. The van der Waals surface area contributed by atoms with E-state index < -0.39 is 11.8 Å². The zero-order valence-corrected chi connectivity index (χ0v) is 18.5. The molecule has 0 saturated heterocycles. The summed E-state index contributed by atoms with van der Waals surface area (Å²) in [6, 6.07) is 14.2. The number of carbonyl (C=O) groups excluding carboxylic acids is 2. The molecule has 2 amide bonds. The molecule has 0 fully saturated rings. The molecule has 3 heterocycles. The van der Waals surface area contributed by atoms with E-state index >= 15 is 0 Å². The summed E-state index contributed by atoms with van der Waals surface area (Å²) in [5, 5.41) is 29.5. The number of aromatic hydroxyl groups is 1. The van der Waals surface area contributed by atoms with Crippen molar-refractivity contribution >= 4 is 45.2 Å². The number of aromatic nitrogens is 1. The Kier molecular flexibility index (Phi) is 4.66. The molecule has 2 aliphatic rings. The molecule has 0 spiro atoms. The lowest BCUT2D eigenvalue weighted by Crippen LogP contribution is -2.20. The molecule has 0 bridgehead atoms. The average molecular weight is 473 g/mol. The van der Waals surface area contributed by atoms with Crippen LogP contribution in [0.25, 0.3) is 32.9 Å². The second kappa shape index (κ2) is 7.74. The normalized spacial score (nSPS) is 15.1. The van der Waals surface area contributed by atoms with E-state index in [1.807, 2.05) is 30.3 Å². The highest BCUT2D eigenvalue weighted by Gasteiger charge is 2.35. The van der Waals surface area contributed by atoms with Gasteiger partial charge in [0.25, 0.3) is 11.8 Å². The molecule has 0 saturated carbocycles. The van der Waals surface area contributed by atoms with Crippen molar-refractivity contribution in [3.8, 4) is 16.9 Å². The molecule has 168 valence electrons. The summed E-state index contributed by atoms with van der Waals surface area (Å²) in [5.41, 5.74) is 3.45. The third kappa shape index (κ3) is 3.08. The third-order valence-corrected chi connectivity index (χ3v) is 6.57. The first-order valence-corrected chi connectivity index (χ1v) is 11.1. The maximum absolute atomic E-state index is 13.0. The first-order chi connectivity index (χ1) is 16.5. The predicted octanol–water partition coefficient (Wildman–Crippen LogP) is 5.64. The summed E-state index contributed by atoms with van der Waals surface area (Å²) in [4.78, 5) is 25.9. The van der Waals surface area contributed by atoms with Crippen molar-refractivity contribution in [2.75, 3.05) is 0 Å². The Labute approximate surface area is 197 Å². The molecule has 34 heavy (non-hydrogen) atoms. The number of amides is 2. The van der Waals surface area contributed by atoms with Gasteiger partial charge in [-0.15, -0.1) is 10.2 Å². The molecule has 2 aliphatic heterocycles. The second-order valence-electron chi connectivity index (χ2n) is 8.22. The van der Waals surface area contributed by atoms with Crippen molar-refractivity contribution in [3.05, 3.63) is 64.7 Å². The van der Waals surface area contributed by atoms with Crippen LogP contribution in [0.3, 0.4) is 0 Å². The Morgan fingerprint density at radius 1 is 0.941 bits per heavy atom. The quantitative estimate of drug-likeness (QED) is 0.365. The van der Waals surface area contributed by atoms with E-state index in [4.69, 9.17) is 11.6 Å². The van der Waals surface area contributed by atoms with Gasteiger partial charge >= 0.3 is 0 Å². The molecule has 0 aliphatic carbocycles. The van der Waals surface area contributed by atoms with Gasteiger partial charge in [-0.05, 0) is 59.2 Å². The summed E-state index contributed by atoms with van der Waals surface area (Å²) in [5.74, 6) is -0.852. The highest BCUT2D eigenvalue weighted by Crippen LogP contribution is 2.42. The number of aryl methyl sites for hydroxylation is 1. The first kappa shape index (κ1) is 20.5. The van der Waals surface area contributed by atoms with Crippen molar-refractivity contribution < 1.29 is 14.7 Å². The Morgan fingerprint density at radius 3 is 2.50 bits per heavy atom. The minimum Gasteiger partial charge on any atom is -0.508 e. The van der Waals surface area contributed by atoms with Crippen molar-refractivity contribution in [1.29, 1.82) is 0 Å². The lowest BCUT2D eigenvalue weighted by Gasteiger charge is -2.12. The van der Waals surface area contributed by atoms with Crippen LogP contribution >= 0.6 is 11.6 Å². The lowest BCUT2D eigenvalue weighted by atomic mass is 9.93. The van der Waals surface area contributed by atoms with Crippen LogP contribution in [-0.4, -0.2) is 27.7 Å². The molecule has 10 heteroatoms. The standard InChI is InChI=1S/C24H17ClN6O3/c25-16-5-2-1-4-13(16)14-11-18-20(22-21(14)23(33)26-24(22)34)15-10-12(32)7-8-17(15)31(18)9-3-6-19-27-29-30-28-19/h1-2,4-5,7-8,10-11,19,32H,3,6,9H2,(H,26,33,34). The number of halogens is 1. The van der Waals surface area contributed by atoms with E-state index in [1.54, 1.807) is 18.2 Å². The fourth-order valence-corrected chi connectivity index (χ4v) is 5.04.